The lowest BCUT2D eigenvalue weighted by Crippen LogP contribution is -2.32. The van der Waals surface area contributed by atoms with E-state index in [1.807, 2.05) is 11.3 Å². The molecule has 0 radical (unpaired) electrons. The van der Waals surface area contributed by atoms with Gasteiger partial charge in [0.05, 0.1) is 10.9 Å². The van der Waals surface area contributed by atoms with E-state index >= 15 is 0 Å². The number of hydrogen-bond acceptors (Lipinski definition) is 2. The maximum absolute atomic E-state index is 6.94. The van der Waals surface area contributed by atoms with Crippen LogP contribution in [0, 0.1) is 18.3 Å². The lowest BCUT2D eigenvalue weighted by Gasteiger charge is -2.26. The first-order valence-electron chi connectivity index (χ1n) is 12.7. The highest BCUT2D eigenvalue weighted by molar-refractivity contribution is 7.20. The van der Waals surface area contributed by atoms with Gasteiger partial charge < -0.3 is 4.74 Å². The fourth-order valence-corrected chi connectivity index (χ4v) is 7.31. The minimum absolute atomic E-state index is 0.265. The molecule has 0 fully saturated rings. The summed E-state index contributed by atoms with van der Waals surface area (Å²) in [5, 5.41) is 6.49. The molecular weight excluding hydrogens is 446 g/mol. The largest absolute Gasteiger partial charge is 0.455 e. The van der Waals surface area contributed by atoms with E-state index in [0.717, 1.165) is 24.3 Å². The van der Waals surface area contributed by atoms with Crippen LogP contribution in [0.4, 0.5) is 0 Å². The van der Waals surface area contributed by atoms with Gasteiger partial charge in [-0.15, -0.1) is 11.3 Å². The number of aromatic nitrogens is 1. The second kappa shape index (κ2) is 7.80. The first-order valence-corrected chi connectivity index (χ1v) is 13.5. The first kappa shape index (κ1) is 22.5. The number of pyridine rings is 1. The van der Waals surface area contributed by atoms with Gasteiger partial charge >= 0.3 is 0 Å². The van der Waals surface area contributed by atoms with Gasteiger partial charge in [0.1, 0.15) is 18.5 Å². The summed E-state index contributed by atoms with van der Waals surface area (Å²) < 4.78 is 10.6. The molecule has 6 rings (SSSR count). The number of rotatable bonds is 3. The SMILES string of the molecule is Cc1c2c(c(CC(C)C)c3ccccc13)Oc1cc3cc(CC(C)(C)C)sc3c3cc[n+](C)c-2c13. The molecule has 0 atom stereocenters. The van der Waals surface area contributed by atoms with Crippen LogP contribution < -0.4 is 9.30 Å². The van der Waals surface area contributed by atoms with Crippen molar-refractivity contribution in [2.45, 2.75) is 54.4 Å². The second-order valence-electron chi connectivity index (χ2n) is 11.9. The summed E-state index contributed by atoms with van der Waals surface area (Å²) in [6.45, 7) is 13.8. The minimum atomic E-state index is 0.265. The summed E-state index contributed by atoms with van der Waals surface area (Å²) in [4.78, 5) is 1.44. The van der Waals surface area contributed by atoms with Gasteiger partial charge in [0.15, 0.2) is 6.20 Å². The molecule has 0 saturated carbocycles. The van der Waals surface area contributed by atoms with Crippen LogP contribution >= 0.6 is 11.3 Å². The lowest BCUT2D eigenvalue weighted by atomic mass is 9.86. The quantitative estimate of drug-likeness (QED) is 0.230. The molecule has 1 aliphatic rings. The number of nitrogens with zero attached hydrogens (tertiary/aromatic N) is 1. The summed E-state index contributed by atoms with van der Waals surface area (Å²) in [6.07, 6.45) is 4.31. The van der Waals surface area contributed by atoms with Gasteiger partial charge in [-0.2, -0.15) is 0 Å². The predicted octanol–water partition coefficient (Wildman–Crippen LogP) is 8.90. The second-order valence-corrected chi connectivity index (χ2v) is 13.0. The number of benzene rings is 3. The summed E-state index contributed by atoms with van der Waals surface area (Å²) in [6, 6.07) is 15.8. The van der Waals surface area contributed by atoms with Gasteiger partial charge in [-0.25, -0.2) is 4.57 Å². The van der Waals surface area contributed by atoms with Crippen molar-refractivity contribution in [2.75, 3.05) is 0 Å². The van der Waals surface area contributed by atoms with Crippen molar-refractivity contribution >= 4 is 43.0 Å². The molecule has 178 valence electrons. The van der Waals surface area contributed by atoms with Gasteiger partial charge in [-0.3, -0.25) is 0 Å². The van der Waals surface area contributed by atoms with Gasteiger partial charge in [0.2, 0.25) is 5.69 Å². The van der Waals surface area contributed by atoms with Crippen LogP contribution in [0.5, 0.6) is 11.5 Å². The normalized spacial score (nSPS) is 13.1. The third-order valence-corrected chi connectivity index (χ3v) is 8.40. The van der Waals surface area contributed by atoms with E-state index in [4.69, 9.17) is 4.74 Å². The van der Waals surface area contributed by atoms with Crippen molar-refractivity contribution in [1.29, 1.82) is 0 Å². The summed E-state index contributed by atoms with van der Waals surface area (Å²) >= 11 is 1.95. The lowest BCUT2D eigenvalue weighted by molar-refractivity contribution is -0.659. The number of ether oxygens (including phenoxy) is 1. The highest BCUT2D eigenvalue weighted by atomic mass is 32.1. The topological polar surface area (TPSA) is 13.1 Å². The Kier molecular flexibility index (Phi) is 5.02. The van der Waals surface area contributed by atoms with Crippen molar-refractivity contribution in [1.82, 2.24) is 0 Å². The van der Waals surface area contributed by atoms with Gasteiger partial charge in [-0.1, -0.05) is 58.9 Å². The van der Waals surface area contributed by atoms with Crippen molar-refractivity contribution in [3.05, 3.63) is 64.7 Å². The summed E-state index contributed by atoms with van der Waals surface area (Å²) in [5.74, 6) is 2.58. The average molecular weight is 481 g/mol. The molecule has 35 heavy (non-hydrogen) atoms. The molecule has 0 spiro atoms. The highest BCUT2D eigenvalue weighted by Crippen LogP contribution is 2.53. The molecule has 0 saturated heterocycles. The third kappa shape index (κ3) is 3.55. The molecule has 0 bridgehead atoms. The smallest absolute Gasteiger partial charge is 0.228 e. The zero-order valence-electron chi connectivity index (χ0n) is 21.9. The van der Waals surface area contributed by atoms with Crippen LogP contribution in [0.3, 0.4) is 0 Å². The van der Waals surface area contributed by atoms with E-state index in [0.29, 0.717) is 5.92 Å². The van der Waals surface area contributed by atoms with Crippen LogP contribution in [-0.2, 0) is 19.9 Å². The van der Waals surface area contributed by atoms with Crippen LogP contribution in [0.1, 0.15) is 50.6 Å². The van der Waals surface area contributed by atoms with Crippen molar-refractivity contribution in [3.8, 4) is 22.8 Å². The Hall–Kier alpha value is -2.91. The Bertz CT molecular complexity index is 1650. The van der Waals surface area contributed by atoms with E-state index in [2.05, 4.69) is 102 Å². The fraction of sp³-hybridized carbons (Fsp3) is 0.344. The van der Waals surface area contributed by atoms with Gasteiger partial charge in [0, 0.05) is 26.6 Å². The minimum Gasteiger partial charge on any atom is -0.455 e. The maximum Gasteiger partial charge on any atom is 0.228 e. The van der Waals surface area contributed by atoms with Crippen molar-refractivity contribution in [3.63, 3.8) is 0 Å². The first-order chi connectivity index (χ1) is 16.6. The van der Waals surface area contributed by atoms with Crippen LogP contribution in [0.2, 0.25) is 0 Å². The van der Waals surface area contributed by atoms with Crippen LogP contribution in [0.15, 0.2) is 48.7 Å². The molecular formula is C32H34NOS+. The molecule has 3 heterocycles. The fourth-order valence-electron chi connectivity index (χ4n) is 5.84. The van der Waals surface area contributed by atoms with Gasteiger partial charge in [-0.05, 0) is 65.0 Å². The zero-order valence-corrected chi connectivity index (χ0v) is 22.7. The van der Waals surface area contributed by atoms with Crippen LogP contribution in [0.25, 0.3) is 42.9 Å². The molecule has 2 nitrogen and oxygen atoms in total. The highest BCUT2D eigenvalue weighted by Gasteiger charge is 2.33. The zero-order chi connectivity index (χ0) is 24.6. The van der Waals surface area contributed by atoms with Crippen LogP contribution in [-0.4, -0.2) is 0 Å². The average Bonchev–Trinajstić information content (AvgIpc) is 3.18. The van der Waals surface area contributed by atoms with E-state index in [1.165, 1.54) is 58.9 Å². The molecule has 0 N–H and O–H groups in total. The molecule has 2 aromatic heterocycles. The number of fused-ring (bicyclic) bond motifs is 5. The van der Waals surface area contributed by atoms with Gasteiger partial charge in [0.25, 0.3) is 0 Å². The monoisotopic (exact) mass is 480 g/mol. The van der Waals surface area contributed by atoms with E-state index < -0.39 is 0 Å². The number of thiophene rings is 1. The predicted molar refractivity (Wildman–Crippen MR) is 150 cm³/mol. The van der Waals surface area contributed by atoms with Crippen molar-refractivity contribution in [2.24, 2.45) is 18.4 Å². The molecule has 3 aromatic carbocycles. The Morgan fingerprint density at radius 1 is 1.00 bits per heavy atom. The Morgan fingerprint density at radius 2 is 1.74 bits per heavy atom. The molecule has 0 aliphatic carbocycles. The molecule has 1 aliphatic heterocycles. The molecule has 0 unspecified atom stereocenters. The summed E-state index contributed by atoms with van der Waals surface area (Å²) in [5.41, 5.74) is 5.43. The number of aryl methyl sites for hydroxylation is 2. The number of hydrogen-bond donors (Lipinski definition) is 0. The summed E-state index contributed by atoms with van der Waals surface area (Å²) in [7, 11) is 2.17. The van der Waals surface area contributed by atoms with Crippen molar-refractivity contribution < 1.29 is 9.30 Å². The van der Waals surface area contributed by atoms with E-state index in [-0.39, 0.29) is 5.41 Å². The maximum atomic E-state index is 6.94. The third-order valence-electron chi connectivity index (χ3n) is 7.21. The Labute approximate surface area is 212 Å². The molecule has 0 amide bonds. The van der Waals surface area contributed by atoms with E-state index in [9.17, 15) is 0 Å². The van der Waals surface area contributed by atoms with E-state index in [1.54, 1.807) is 0 Å². The Balaban J connectivity index is 1.72. The Morgan fingerprint density at radius 3 is 2.46 bits per heavy atom. The molecule has 5 aromatic rings. The standard InChI is InChI=1S/C32H34NOS/c1-18(2)14-25-23-11-9-8-10-22(23)19(3)27-29-28-24(12-13-33(29)7)31-20(16-26(28)34-30(25)27)15-21(35-31)17-32(4,5)6/h8-13,15-16,18H,14,17H2,1-7H3/q+1. The molecule has 3 heteroatoms.